The standard InChI is InChI=1S/C13H10O/c1-3-5-6-7-8-9-10-11-13-12(4-2)14-13/h4,10-13H,2H2,1H3. The normalized spacial score (nSPS) is 22.1. The van der Waals surface area contributed by atoms with Crippen molar-refractivity contribution in [3.05, 3.63) is 24.8 Å². The van der Waals surface area contributed by atoms with E-state index in [2.05, 4.69) is 42.1 Å². The number of epoxide rings is 1. The summed E-state index contributed by atoms with van der Waals surface area (Å²) in [6.07, 6.45) is 5.74. The van der Waals surface area contributed by atoms with Gasteiger partial charge in [-0.1, -0.05) is 17.9 Å². The highest BCUT2D eigenvalue weighted by Gasteiger charge is 2.32. The van der Waals surface area contributed by atoms with Crippen molar-refractivity contribution in [2.24, 2.45) is 0 Å². The Bertz CT molecular complexity index is 409. The monoisotopic (exact) mass is 182 g/mol. The van der Waals surface area contributed by atoms with Crippen molar-refractivity contribution in [1.29, 1.82) is 0 Å². The highest BCUT2D eigenvalue weighted by Crippen LogP contribution is 2.23. The SMILES string of the molecule is C=CC1OC1C=CC#CC#CC#CC. The van der Waals surface area contributed by atoms with Gasteiger partial charge >= 0.3 is 0 Å². The first-order valence-electron chi connectivity index (χ1n) is 4.25. The molecule has 0 spiro atoms. The van der Waals surface area contributed by atoms with Gasteiger partial charge in [0, 0.05) is 0 Å². The summed E-state index contributed by atoms with van der Waals surface area (Å²) in [6, 6.07) is 0. The number of hydrogen-bond acceptors (Lipinski definition) is 1. The van der Waals surface area contributed by atoms with Crippen LogP contribution in [-0.2, 0) is 4.74 Å². The highest BCUT2D eigenvalue weighted by atomic mass is 16.6. The minimum absolute atomic E-state index is 0.158. The highest BCUT2D eigenvalue weighted by molar-refractivity contribution is 5.37. The van der Waals surface area contributed by atoms with Gasteiger partial charge in [0.05, 0.1) is 0 Å². The van der Waals surface area contributed by atoms with E-state index >= 15 is 0 Å². The molecule has 0 aliphatic carbocycles. The molecule has 0 N–H and O–H groups in total. The summed E-state index contributed by atoms with van der Waals surface area (Å²) in [4.78, 5) is 0. The molecule has 0 aromatic rings. The number of rotatable bonds is 2. The van der Waals surface area contributed by atoms with E-state index in [0.717, 1.165) is 0 Å². The molecule has 0 aromatic carbocycles. The summed E-state index contributed by atoms with van der Waals surface area (Å²) in [7, 11) is 0. The van der Waals surface area contributed by atoms with Gasteiger partial charge in [-0.05, 0) is 42.8 Å². The molecule has 68 valence electrons. The fourth-order valence-electron chi connectivity index (χ4n) is 0.826. The second-order valence-corrected chi connectivity index (χ2v) is 2.55. The lowest BCUT2D eigenvalue weighted by molar-refractivity contribution is 0.413. The Morgan fingerprint density at radius 3 is 2.57 bits per heavy atom. The third kappa shape index (κ3) is 3.68. The lowest BCUT2D eigenvalue weighted by Crippen LogP contribution is -1.81. The van der Waals surface area contributed by atoms with Crippen LogP contribution < -0.4 is 0 Å². The van der Waals surface area contributed by atoms with E-state index in [1.807, 2.05) is 6.08 Å². The predicted molar refractivity (Wildman–Crippen MR) is 57.0 cm³/mol. The molecule has 0 amide bonds. The number of ether oxygens (including phenoxy) is 1. The summed E-state index contributed by atoms with van der Waals surface area (Å²) in [5, 5.41) is 0. The molecule has 1 nitrogen and oxygen atoms in total. The fourth-order valence-corrected chi connectivity index (χ4v) is 0.826. The van der Waals surface area contributed by atoms with Gasteiger partial charge in [-0.2, -0.15) is 0 Å². The van der Waals surface area contributed by atoms with Gasteiger partial charge in [-0.15, -0.1) is 6.58 Å². The van der Waals surface area contributed by atoms with Gasteiger partial charge in [0.1, 0.15) is 12.2 Å². The molecule has 1 saturated heterocycles. The van der Waals surface area contributed by atoms with Crippen LogP contribution in [0.25, 0.3) is 0 Å². The van der Waals surface area contributed by atoms with Crippen LogP contribution in [0.4, 0.5) is 0 Å². The minimum Gasteiger partial charge on any atom is -0.361 e. The molecule has 1 heteroatoms. The first-order chi connectivity index (χ1) is 6.88. The molecule has 0 bridgehead atoms. The average molecular weight is 182 g/mol. The zero-order valence-electron chi connectivity index (χ0n) is 8.00. The van der Waals surface area contributed by atoms with E-state index < -0.39 is 0 Å². The molecule has 1 heterocycles. The van der Waals surface area contributed by atoms with Crippen LogP contribution in [-0.4, -0.2) is 12.2 Å². The molecule has 1 fully saturated rings. The molecular formula is C13H10O. The van der Waals surface area contributed by atoms with Gasteiger partial charge < -0.3 is 4.74 Å². The van der Waals surface area contributed by atoms with Crippen molar-refractivity contribution in [1.82, 2.24) is 0 Å². The lowest BCUT2D eigenvalue weighted by atomic mass is 10.3. The maximum absolute atomic E-state index is 5.18. The minimum atomic E-state index is 0.158. The number of hydrogen-bond donors (Lipinski definition) is 0. The van der Waals surface area contributed by atoms with E-state index in [0.29, 0.717) is 0 Å². The molecular weight excluding hydrogens is 172 g/mol. The molecule has 0 saturated carbocycles. The quantitative estimate of drug-likeness (QED) is 0.358. The molecule has 2 unspecified atom stereocenters. The Balaban J connectivity index is 2.29. The van der Waals surface area contributed by atoms with Crippen molar-refractivity contribution < 1.29 is 4.74 Å². The Morgan fingerprint density at radius 2 is 1.93 bits per heavy atom. The van der Waals surface area contributed by atoms with Crippen LogP contribution in [0.1, 0.15) is 6.92 Å². The Labute approximate surface area is 84.8 Å². The van der Waals surface area contributed by atoms with Crippen molar-refractivity contribution in [2.75, 3.05) is 0 Å². The van der Waals surface area contributed by atoms with Gasteiger partial charge in [0.15, 0.2) is 0 Å². The van der Waals surface area contributed by atoms with Crippen LogP contribution in [0.15, 0.2) is 24.8 Å². The molecule has 0 aromatic heterocycles. The Hall–Kier alpha value is -1.88. The van der Waals surface area contributed by atoms with Crippen LogP contribution >= 0.6 is 0 Å². The summed E-state index contributed by atoms with van der Waals surface area (Å²) >= 11 is 0. The summed E-state index contributed by atoms with van der Waals surface area (Å²) in [5.74, 6) is 15.9. The van der Waals surface area contributed by atoms with E-state index in [9.17, 15) is 0 Å². The number of allylic oxidation sites excluding steroid dienone is 1. The summed E-state index contributed by atoms with van der Waals surface area (Å²) in [5.41, 5.74) is 0. The Kier molecular flexibility index (Phi) is 4.16. The summed E-state index contributed by atoms with van der Waals surface area (Å²) in [6.45, 7) is 5.36. The van der Waals surface area contributed by atoms with E-state index in [1.165, 1.54) is 0 Å². The van der Waals surface area contributed by atoms with Crippen molar-refractivity contribution >= 4 is 0 Å². The maximum atomic E-state index is 5.18. The average Bonchev–Trinajstić information content (AvgIpc) is 2.95. The van der Waals surface area contributed by atoms with Crippen molar-refractivity contribution in [3.63, 3.8) is 0 Å². The van der Waals surface area contributed by atoms with Crippen LogP contribution in [0.3, 0.4) is 0 Å². The second-order valence-electron chi connectivity index (χ2n) is 2.55. The van der Waals surface area contributed by atoms with Crippen LogP contribution in [0.5, 0.6) is 0 Å². The van der Waals surface area contributed by atoms with Gasteiger partial charge in [-0.25, -0.2) is 0 Å². The van der Waals surface area contributed by atoms with E-state index in [-0.39, 0.29) is 12.2 Å². The zero-order chi connectivity index (χ0) is 10.2. The third-order valence-electron chi connectivity index (χ3n) is 1.55. The first-order valence-corrected chi connectivity index (χ1v) is 4.25. The molecule has 1 rings (SSSR count). The fraction of sp³-hybridized carbons (Fsp3) is 0.231. The molecule has 2 atom stereocenters. The largest absolute Gasteiger partial charge is 0.361 e. The van der Waals surface area contributed by atoms with E-state index in [1.54, 1.807) is 19.1 Å². The second kappa shape index (κ2) is 5.71. The van der Waals surface area contributed by atoms with Gasteiger partial charge in [-0.3, -0.25) is 0 Å². The molecule has 0 radical (unpaired) electrons. The maximum Gasteiger partial charge on any atom is 0.107 e. The van der Waals surface area contributed by atoms with E-state index in [4.69, 9.17) is 4.74 Å². The zero-order valence-corrected chi connectivity index (χ0v) is 8.00. The van der Waals surface area contributed by atoms with Gasteiger partial charge in [0.25, 0.3) is 0 Å². The van der Waals surface area contributed by atoms with Crippen molar-refractivity contribution in [2.45, 2.75) is 19.1 Å². The van der Waals surface area contributed by atoms with Gasteiger partial charge in [0.2, 0.25) is 0 Å². The Morgan fingerprint density at radius 1 is 1.14 bits per heavy atom. The first kappa shape index (κ1) is 10.2. The molecule has 1 aliphatic rings. The lowest BCUT2D eigenvalue weighted by Gasteiger charge is -1.71. The molecule has 1 aliphatic heterocycles. The van der Waals surface area contributed by atoms with Crippen LogP contribution in [0, 0.1) is 35.5 Å². The smallest absolute Gasteiger partial charge is 0.107 e. The summed E-state index contributed by atoms with van der Waals surface area (Å²) < 4.78 is 5.18. The predicted octanol–water partition coefficient (Wildman–Crippen LogP) is 1.53. The van der Waals surface area contributed by atoms with Crippen LogP contribution in [0.2, 0.25) is 0 Å². The van der Waals surface area contributed by atoms with Crippen molar-refractivity contribution in [3.8, 4) is 35.5 Å². The molecule has 14 heavy (non-hydrogen) atoms. The third-order valence-corrected chi connectivity index (χ3v) is 1.55. The topological polar surface area (TPSA) is 12.5 Å².